The Hall–Kier alpha value is -1.35. The van der Waals surface area contributed by atoms with Crippen molar-refractivity contribution in [1.82, 2.24) is 20.5 Å². The molecule has 2 aromatic rings. The van der Waals surface area contributed by atoms with Gasteiger partial charge >= 0.3 is 0 Å². The van der Waals surface area contributed by atoms with E-state index in [1.807, 2.05) is 12.3 Å². The maximum Gasteiger partial charge on any atom is 0.191 e. The van der Waals surface area contributed by atoms with Gasteiger partial charge in [-0.1, -0.05) is 6.42 Å². The number of halogens is 2. The Labute approximate surface area is 178 Å². The van der Waals surface area contributed by atoms with Crippen molar-refractivity contribution < 1.29 is 4.39 Å². The van der Waals surface area contributed by atoms with Crippen molar-refractivity contribution in [1.29, 1.82) is 0 Å². The van der Waals surface area contributed by atoms with E-state index >= 15 is 0 Å². The fraction of sp³-hybridized carbons (Fsp3) is 0.550. The molecule has 3 rings (SSSR count). The molecule has 1 fully saturated rings. The Morgan fingerprint density at radius 3 is 2.89 bits per heavy atom. The van der Waals surface area contributed by atoms with Crippen LogP contribution in [0.3, 0.4) is 0 Å². The molecular formula is C20H31FIN5. The highest BCUT2D eigenvalue weighted by Gasteiger charge is 2.17. The lowest BCUT2D eigenvalue weighted by Crippen LogP contribution is -2.45. The van der Waals surface area contributed by atoms with Crippen molar-refractivity contribution in [2.45, 2.75) is 38.6 Å². The zero-order valence-electron chi connectivity index (χ0n) is 16.2. The summed E-state index contributed by atoms with van der Waals surface area (Å²) in [5.41, 5.74) is 2.03. The number of fused-ring (bicyclic) bond motifs is 1. The van der Waals surface area contributed by atoms with Crippen LogP contribution in [0.5, 0.6) is 0 Å². The topological polar surface area (TPSA) is 55.5 Å². The molecule has 0 radical (unpaired) electrons. The van der Waals surface area contributed by atoms with Crippen LogP contribution in [-0.4, -0.2) is 55.1 Å². The molecule has 1 aromatic carbocycles. The van der Waals surface area contributed by atoms with E-state index in [1.54, 1.807) is 7.05 Å². The Balaban J connectivity index is 0.00000261. The van der Waals surface area contributed by atoms with Gasteiger partial charge in [0.25, 0.3) is 0 Å². The number of H-pyrrole nitrogens is 1. The summed E-state index contributed by atoms with van der Waals surface area (Å²) in [6.45, 7) is 6.26. The van der Waals surface area contributed by atoms with Gasteiger partial charge in [0.2, 0.25) is 0 Å². The Morgan fingerprint density at radius 1 is 1.30 bits per heavy atom. The lowest BCUT2D eigenvalue weighted by atomic mass is 10.0. The quantitative estimate of drug-likeness (QED) is 0.332. The van der Waals surface area contributed by atoms with Gasteiger partial charge in [0.15, 0.2) is 5.96 Å². The first-order chi connectivity index (χ1) is 12.7. The lowest BCUT2D eigenvalue weighted by molar-refractivity contribution is 0.163. The summed E-state index contributed by atoms with van der Waals surface area (Å²) in [5, 5.41) is 7.85. The number of likely N-dealkylation sites (tertiary alicyclic amines) is 1. The Bertz CT molecular complexity index is 745. The minimum absolute atomic E-state index is 0. The molecule has 5 nitrogen and oxygen atoms in total. The van der Waals surface area contributed by atoms with Crippen molar-refractivity contribution in [3.05, 3.63) is 35.8 Å². The van der Waals surface area contributed by atoms with E-state index in [-0.39, 0.29) is 29.8 Å². The normalized spacial score (nSPS) is 18.3. The van der Waals surface area contributed by atoms with E-state index in [9.17, 15) is 4.39 Å². The molecule has 0 aliphatic carbocycles. The summed E-state index contributed by atoms with van der Waals surface area (Å²) in [4.78, 5) is 9.99. The smallest absolute Gasteiger partial charge is 0.191 e. The molecule has 1 aromatic heterocycles. The van der Waals surface area contributed by atoms with Gasteiger partial charge in [-0.15, -0.1) is 24.0 Å². The largest absolute Gasteiger partial charge is 0.361 e. The second kappa shape index (κ2) is 10.8. The van der Waals surface area contributed by atoms with Crippen LogP contribution in [0.15, 0.2) is 29.4 Å². The highest BCUT2D eigenvalue weighted by Crippen LogP contribution is 2.19. The minimum Gasteiger partial charge on any atom is -0.361 e. The van der Waals surface area contributed by atoms with Crippen molar-refractivity contribution in [2.24, 2.45) is 4.99 Å². The third kappa shape index (κ3) is 6.07. The van der Waals surface area contributed by atoms with Gasteiger partial charge in [0.1, 0.15) is 5.82 Å². The van der Waals surface area contributed by atoms with Crippen molar-refractivity contribution in [3.63, 3.8) is 0 Å². The van der Waals surface area contributed by atoms with Crippen LogP contribution in [0.1, 0.15) is 31.7 Å². The standard InChI is InChI=1S/C20H30FN5.HI/c1-15-5-3-4-11-26(15)12-10-24-20(22-2)23-9-8-16-14-25-19-13-17(21)6-7-18(16)19;/h6-7,13-15,25H,3-5,8-12H2,1-2H3,(H2,22,23,24);1H. The van der Waals surface area contributed by atoms with Crippen LogP contribution in [0, 0.1) is 5.82 Å². The zero-order chi connectivity index (χ0) is 18.4. The molecule has 150 valence electrons. The number of aromatic nitrogens is 1. The highest BCUT2D eigenvalue weighted by molar-refractivity contribution is 14.0. The second-order valence-corrected chi connectivity index (χ2v) is 7.06. The Morgan fingerprint density at radius 2 is 2.11 bits per heavy atom. The summed E-state index contributed by atoms with van der Waals surface area (Å²) >= 11 is 0. The fourth-order valence-corrected chi connectivity index (χ4v) is 3.71. The SMILES string of the molecule is CN=C(NCCc1c[nH]c2cc(F)ccc12)NCCN1CCCCC1C.I. The molecule has 1 aliphatic heterocycles. The number of aromatic amines is 1. The highest BCUT2D eigenvalue weighted by atomic mass is 127. The summed E-state index contributed by atoms with van der Waals surface area (Å²) < 4.78 is 13.3. The van der Waals surface area contributed by atoms with E-state index < -0.39 is 0 Å². The number of nitrogens with one attached hydrogen (secondary N) is 3. The summed E-state index contributed by atoms with van der Waals surface area (Å²) in [7, 11) is 1.80. The van der Waals surface area contributed by atoms with E-state index in [0.717, 1.165) is 42.9 Å². The van der Waals surface area contributed by atoms with Gasteiger partial charge in [-0.3, -0.25) is 9.89 Å². The molecule has 7 heteroatoms. The summed E-state index contributed by atoms with van der Waals surface area (Å²) in [6.07, 6.45) is 6.79. The first-order valence-corrected chi connectivity index (χ1v) is 9.61. The van der Waals surface area contributed by atoms with E-state index in [2.05, 4.69) is 32.4 Å². The van der Waals surface area contributed by atoms with Gasteiger partial charge < -0.3 is 15.6 Å². The van der Waals surface area contributed by atoms with Crippen molar-refractivity contribution >= 4 is 40.8 Å². The number of rotatable bonds is 6. The molecule has 0 spiro atoms. The first kappa shape index (κ1) is 21.9. The van der Waals surface area contributed by atoms with Crippen molar-refractivity contribution in [2.75, 3.05) is 33.2 Å². The maximum absolute atomic E-state index is 13.3. The predicted octanol–water partition coefficient (Wildman–Crippen LogP) is 3.51. The number of guanidine groups is 1. The number of piperidine rings is 1. The molecule has 0 saturated carbocycles. The van der Waals surface area contributed by atoms with Gasteiger partial charge in [-0.25, -0.2) is 4.39 Å². The van der Waals surface area contributed by atoms with Gasteiger partial charge in [-0.05, 0) is 56.5 Å². The average molecular weight is 487 g/mol. The van der Waals surface area contributed by atoms with E-state index in [0.29, 0.717) is 6.04 Å². The molecule has 1 saturated heterocycles. The first-order valence-electron chi connectivity index (χ1n) is 9.61. The van der Waals surface area contributed by atoms with Gasteiger partial charge in [0, 0.05) is 49.8 Å². The molecular weight excluding hydrogens is 456 g/mol. The monoisotopic (exact) mass is 487 g/mol. The predicted molar refractivity (Wildman–Crippen MR) is 122 cm³/mol. The zero-order valence-corrected chi connectivity index (χ0v) is 18.6. The molecule has 1 atom stereocenters. The molecule has 2 heterocycles. The fourth-order valence-electron chi connectivity index (χ4n) is 3.71. The number of hydrogen-bond donors (Lipinski definition) is 3. The van der Waals surface area contributed by atoms with Gasteiger partial charge in [-0.2, -0.15) is 0 Å². The molecule has 1 unspecified atom stereocenters. The van der Waals surface area contributed by atoms with Crippen LogP contribution in [-0.2, 0) is 6.42 Å². The van der Waals surface area contributed by atoms with Crippen LogP contribution in [0.25, 0.3) is 10.9 Å². The number of nitrogens with zero attached hydrogens (tertiary/aromatic N) is 2. The third-order valence-electron chi connectivity index (χ3n) is 5.27. The van der Waals surface area contributed by atoms with Crippen molar-refractivity contribution in [3.8, 4) is 0 Å². The molecule has 1 aliphatic rings. The van der Waals surface area contributed by atoms with Crippen LogP contribution < -0.4 is 10.6 Å². The number of hydrogen-bond acceptors (Lipinski definition) is 2. The maximum atomic E-state index is 13.3. The number of benzene rings is 1. The van der Waals surface area contributed by atoms with E-state index in [4.69, 9.17) is 0 Å². The summed E-state index contributed by atoms with van der Waals surface area (Å²) in [5.74, 6) is 0.622. The minimum atomic E-state index is -0.211. The lowest BCUT2D eigenvalue weighted by Gasteiger charge is -2.33. The van der Waals surface area contributed by atoms with Crippen LogP contribution >= 0.6 is 24.0 Å². The average Bonchev–Trinajstić information content (AvgIpc) is 3.04. The van der Waals surface area contributed by atoms with E-state index in [1.165, 1.54) is 43.5 Å². The third-order valence-corrected chi connectivity index (χ3v) is 5.27. The molecule has 0 amide bonds. The van der Waals surface area contributed by atoms with Crippen LogP contribution in [0.4, 0.5) is 4.39 Å². The second-order valence-electron chi connectivity index (χ2n) is 7.06. The molecule has 0 bridgehead atoms. The van der Waals surface area contributed by atoms with Crippen LogP contribution in [0.2, 0.25) is 0 Å². The summed E-state index contributed by atoms with van der Waals surface area (Å²) in [6, 6.07) is 5.57. The number of aliphatic imine (C=N–C) groups is 1. The molecule has 3 N–H and O–H groups in total. The molecule has 27 heavy (non-hydrogen) atoms. The van der Waals surface area contributed by atoms with Gasteiger partial charge in [0.05, 0.1) is 0 Å². The Kier molecular flexibility index (Phi) is 8.82.